The summed E-state index contributed by atoms with van der Waals surface area (Å²) in [7, 11) is 1.16. The van der Waals surface area contributed by atoms with Crippen LogP contribution in [0.4, 0.5) is 33.6 Å². The molecule has 0 amide bonds. The topological polar surface area (TPSA) is 46.9 Å². The molecule has 0 fully saturated rings. The molecule has 2 rings (SSSR count). The summed E-state index contributed by atoms with van der Waals surface area (Å²) < 4.78 is 65.2. The number of aromatic nitrogens is 2. The zero-order valence-corrected chi connectivity index (χ0v) is 12.4. The van der Waals surface area contributed by atoms with Gasteiger partial charge in [-0.1, -0.05) is 0 Å². The Morgan fingerprint density at radius 2 is 1.91 bits per heavy atom. The zero-order chi connectivity index (χ0) is 16.7. The van der Waals surface area contributed by atoms with Gasteiger partial charge in [-0.2, -0.15) is 13.2 Å². The molecule has 0 unspecified atom stereocenters. The van der Waals surface area contributed by atoms with Gasteiger partial charge in [0.15, 0.2) is 11.5 Å². The molecular formula is C12H7BrF5N3O. The third-order valence-electron chi connectivity index (χ3n) is 2.71. The Hall–Kier alpha value is -1.97. The highest BCUT2D eigenvalue weighted by atomic mass is 79.9. The number of nitrogens with one attached hydrogen (secondary N) is 1. The third-order valence-corrected chi connectivity index (χ3v) is 3.43. The van der Waals surface area contributed by atoms with E-state index in [0.29, 0.717) is 6.07 Å². The lowest BCUT2D eigenvalue weighted by atomic mass is 10.3. The summed E-state index contributed by atoms with van der Waals surface area (Å²) in [5, 5.41) is 2.24. The molecule has 1 aromatic heterocycles. The van der Waals surface area contributed by atoms with Gasteiger partial charge in [0.1, 0.15) is 5.82 Å². The molecule has 1 aromatic carbocycles. The average Bonchev–Trinajstić information content (AvgIpc) is 2.43. The maximum absolute atomic E-state index is 13.8. The van der Waals surface area contributed by atoms with Gasteiger partial charge in [-0.15, -0.1) is 0 Å². The van der Waals surface area contributed by atoms with Crippen molar-refractivity contribution in [3.63, 3.8) is 0 Å². The van der Waals surface area contributed by atoms with Gasteiger partial charge in [0, 0.05) is 13.1 Å². The Morgan fingerprint density at radius 3 is 2.50 bits per heavy atom. The molecule has 0 saturated carbocycles. The SMILES string of the molecule is Cn1c(Nc2ccc(F)c(Br)c2F)nc(C(F)(F)F)cc1=O. The van der Waals surface area contributed by atoms with Crippen molar-refractivity contribution in [3.8, 4) is 0 Å². The average molecular weight is 384 g/mol. The van der Waals surface area contributed by atoms with Crippen molar-refractivity contribution < 1.29 is 22.0 Å². The minimum atomic E-state index is -4.83. The molecule has 22 heavy (non-hydrogen) atoms. The van der Waals surface area contributed by atoms with Crippen molar-refractivity contribution in [2.24, 2.45) is 7.05 Å². The molecule has 4 nitrogen and oxygen atoms in total. The van der Waals surface area contributed by atoms with E-state index in [4.69, 9.17) is 0 Å². The van der Waals surface area contributed by atoms with E-state index in [2.05, 4.69) is 26.2 Å². The first-order chi connectivity index (χ1) is 10.1. The molecule has 0 aliphatic rings. The van der Waals surface area contributed by atoms with E-state index in [1.54, 1.807) is 0 Å². The highest BCUT2D eigenvalue weighted by Crippen LogP contribution is 2.30. The van der Waals surface area contributed by atoms with E-state index in [1.807, 2.05) is 0 Å². The van der Waals surface area contributed by atoms with Gasteiger partial charge in [-0.3, -0.25) is 9.36 Å². The lowest BCUT2D eigenvalue weighted by Crippen LogP contribution is -2.24. The summed E-state index contributed by atoms with van der Waals surface area (Å²) in [5.74, 6) is -2.47. The monoisotopic (exact) mass is 383 g/mol. The normalized spacial score (nSPS) is 11.6. The number of hydrogen-bond acceptors (Lipinski definition) is 3. The standard InChI is InChI=1S/C12H7BrF5N3O/c1-21-8(22)4-7(12(16,17)18)20-11(21)19-6-3-2-5(14)9(13)10(6)15/h2-4H,1H3,(H,19,20). The second kappa shape index (κ2) is 5.67. The quantitative estimate of drug-likeness (QED) is 0.636. The van der Waals surface area contributed by atoms with Gasteiger partial charge in [0.25, 0.3) is 5.56 Å². The van der Waals surface area contributed by atoms with Crippen molar-refractivity contribution in [1.29, 1.82) is 0 Å². The van der Waals surface area contributed by atoms with Crippen LogP contribution in [0.1, 0.15) is 5.69 Å². The highest BCUT2D eigenvalue weighted by Gasteiger charge is 2.34. The second-order valence-electron chi connectivity index (χ2n) is 4.21. The summed E-state index contributed by atoms with van der Waals surface area (Å²) in [6.45, 7) is 0. The number of anilines is 2. The largest absolute Gasteiger partial charge is 0.433 e. The van der Waals surface area contributed by atoms with Crippen molar-refractivity contribution in [1.82, 2.24) is 9.55 Å². The predicted molar refractivity (Wildman–Crippen MR) is 71.8 cm³/mol. The molecule has 0 saturated heterocycles. The van der Waals surface area contributed by atoms with E-state index < -0.39 is 39.5 Å². The minimum absolute atomic E-state index is 0.322. The smallest absolute Gasteiger partial charge is 0.323 e. The zero-order valence-electron chi connectivity index (χ0n) is 10.8. The first-order valence-electron chi connectivity index (χ1n) is 5.67. The Labute approximate surface area is 128 Å². The maximum Gasteiger partial charge on any atom is 0.433 e. The molecule has 1 heterocycles. The minimum Gasteiger partial charge on any atom is -0.323 e. The highest BCUT2D eigenvalue weighted by molar-refractivity contribution is 9.10. The van der Waals surface area contributed by atoms with Crippen LogP contribution in [0.5, 0.6) is 0 Å². The number of nitrogens with zero attached hydrogens (tertiary/aromatic N) is 2. The molecule has 10 heteroatoms. The lowest BCUT2D eigenvalue weighted by molar-refractivity contribution is -0.141. The van der Waals surface area contributed by atoms with E-state index in [-0.39, 0.29) is 5.69 Å². The van der Waals surface area contributed by atoms with E-state index >= 15 is 0 Å². The molecule has 0 spiro atoms. The van der Waals surface area contributed by atoms with Crippen LogP contribution in [0.15, 0.2) is 27.5 Å². The van der Waals surface area contributed by atoms with Gasteiger partial charge in [-0.25, -0.2) is 13.8 Å². The molecule has 0 aliphatic heterocycles. The van der Waals surface area contributed by atoms with Crippen LogP contribution >= 0.6 is 15.9 Å². The van der Waals surface area contributed by atoms with Crippen molar-refractivity contribution in [2.45, 2.75) is 6.18 Å². The summed E-state index contributed by atoms with van der Waals surface area (Å²) in [5.41, 5.74) is -2.74. The maximum atomic E-state index is 13.8. The van der Waals surface area contributed by atoms with Crippen LogP contribution in [-0.4, -0.2) is 9.55 Å². The van der Waals surface area contributed by atoms with Gasteiger partial charge in [0.2, 0.25) is 5.95 Å². The van der Waals surface area contributed by atoms with Crippen LogP contribution < -0.4 is 10.9 Å². The molecule has 0 atom stereocenters. The van der Waals surface area contributed by atoms with Gasteiger partial charge in [-0.05, 0) is 28.1 Å². The first kappa shape index (κ1) is 16.4. The Bertz CT molecular complexity index is 788. The Balaban J connectivity index is 2.53. The van der Waals surface area contributed by atoms with Crippen LogP contribution in [-0.2, 0) is 13.2 Å². The number of halogens is 6. The fourth-order valence-electron chi connectivity index (χ4n) is 1.54. The molecule has 0 aliphatic carbocycles. The molecule has 118 valence electrons. The van der Waals surface area contributed by atoms with Crippen LogP contribution in [0.25, 0.3) is 0 Å². The number of benzene rings is 1. The van der Waals surface area contributed by atoms with Crippen LogP contribution in [0.2, 0.25) is 0 Å². The second-order valence-corrected chi connectivity index (χ2v) is 5.00. The fourth-order valence-corrected chi connectivity index (χ4v) is 1.89. The van der Waals surface area contributed by atoms with E-state index in [1.165, 1.54) is 0 Å². The summed E-state index contributed by atoms with van der Waals surface area (Å²) in [6, 6.07) is 2.20. The van der Waals surface area contributed by atoms with Gasteiger partial charge < -0.3 is 5.32 Å². The number of rotatable bonds is 2. The predicted octanol–water partition coefficient (Wildman–Crippen LogP) is 3.58. The lowest BCUT2D eigenvalue weighted by Gasteiger charge is -2.13. The van der Waals surface area contributed by atoms with Gasteiger partial charge >= 0.3 is 6.18 Å². The molecule has 2 aromatic rings. The van der Waals surface area contributed by atoms with Crippen molar-refractivity contribution in [3.05, 3.63) is 50.4 Å². The number of hydrogen-bond donors (Lipinski definition) is 1. The Morgan fingerprint density at radius 1 is 1.27 bits per heavy atom. The third kappa shape index (κ3) is 3.11. The van der Waals surface area contributed by atoms with Crippen LogP contribution in [0.3, 0.4) is 0 Å². The van der Waals surface area contributed by atoms with E-state index in [0.717, 1.165) is 23.7 Å². The molecular weight excluding hydrogens is 377 g/mol. The first-order valence-corrected chi connectivity index (χ1v) is 6.46. The summed E-state index contributed by atoms with van der Waals surface area (Å²) in [4.78, 5) is 14.8. The molecule has 0 radical (unpaired) electrons. The van der Waals surface area contributed by atoms with Crippen LogP contribution in [0, 0.1) is 11.6 Å². The molecule has 0 bridgehead atoms. The number of alkyl halides is 3. The summed E-state index contributed by atoms with van der Waals surface area (Å²) >= 11 is 2.66. The molecule has 1 N–H and O–H groups in total. The van der Waals surface area contributed by atoms with E-state index in [9.17, 15) is 26.7 Å². The van der Waals surface area contributed by atoms with Crippen molar-refractivity contribution >= 4 is 27.6 Å². The Kier molecular flexibility index (Phi) is 4.23. The summed E-state index contributed by atoms with van der Waals surface area (Å²) in [6.07, 6.45) is -4.83. The van der Waals surface area contributed by atoms with Crippen molar-refractivity contribution in [2.75, 3.05) is 5.32 Å². The van der Waals surface area contributed by atoms with Gasteiger partial charge in [0.05, 0.1) is 10.2 Å². The fraction of sp³-hybridized carbons (Fsp3) is 0.167.